The molecule has 0 saturated carbocycles. The molecule has 0 saturated heterocycles. The van der Waals surface area contributed by atoms with Crippen LogP contribution in [0.4, 0.5) is 5.69 Å². The maximum Gasteiger partial charge on any atom is 0.272 e. The largest absolute Gasteiger partial charge is 0.385 e. The molecule has 0 unspecified atom stereocenters. The van der Waals surface area contributed by atoms with Crippen molar-refractivity contribution in [2.24, 2.45) is 0 Å². The molecule has 0 radical (unpaired) electrons. The zero-order valence-corrected chi connectivity index (χ0v) is 12.5. The first-order valence-corrected chi connectivity index (χ1v) is 6.63. The number of nitrogens with zero attached hydrogens (tertiary/aromatic N) is 2. The van der Waals surface area contributed by atoms with Gasteiger partial charge >= 0.3 is 0 Å². The summed E-state index contributed by atoms with van der Waals surface area (Å²) in [6.45, 7) is 2.52. The van der Waals surface area contributed by atoms with E-state index in [1.807, 2.05) is 0 Å². The molecule has 0 atom stereocenters. The lowest BCUT2D eigenvalue weighted by atomic mass is 10.1. The summed E-state index contributed by atoms with van der Waals surface area (Å²) >= 11 is 0. The fraction of sp³-hybridized carbons (Fsp3) is 0.333. The molecular formula is C15H17N3O4. The zero-order chi connectivity index (χ0) is 16.5. The average molecular weight is 303 g/mol. The first-order valence-electron chi connectivity index (χ1n) is 6.63. The van der Waals surface area contributed by atoms with Gasteiger partial charge in [0, 0.05) is 31.9 Å². The van der Waals surface area contributed by atoms with E-state index >= 15 is 0 Å². The molecule has 0 fully saturated rings. The Hall–Kier alpha value is -2.72. The molecule has 116 valence electrons. The molecule has 1 rings (SSSR count). The molecule has 1 aromatic rings. The summed E-state index contributed by atoms with van der Waals surface area (Å²) in [5.74, 6) is -0.512. The van der Waals surface area contributed by atoms with Crippen molar-refractivity contribution in [1.29, 1.82) is 5.26 Å². The van der Waals surface area contributed by atoms with E-state index < -0.39 is 10.8 Å². The lowest BCUT2D eigenvalue weighted by Gasteiger charge is -2.04. The number of hydrogen-bond donors (Lipinski definition) is 1. The molecule has 1 N–H and O–H groups in total. The predicted octanol–water partition coefficient (Wildman–Crippen LogP) is 1.96. The van der Waals surface area contributed by atoms with Gasteiger partial charge in [0.2, 0.25) is 0 Å². The maximum absolute atomic E-state index is 11.9. The number of ether oxygens (including phenoxy) is 1. The van der Waals surface area contributed by atoms with Gasteiger partial charge in [-0.3, -0.25) is 14.9 Å². The van der Waals surface area contributed by atoms with E-state index in [4.69, 9.17) is 10.00 Å². The van der Waals surface area contributed by atoms with Gasteiger partial charge in [0.25, 0.3) is 11.6 Å². The minimum Gasteiger partial charge on any atom is -0.385 e. The van der Waals surface area contributed by atoms with E-state index in [-0.39, 0.29) is 11.3 Å². The highest BCUT2D eigenvalue weighted by Crippen LogP contribution is 2.20. The molecule has 0 heterocycles. The highest BCUT2D eigenvalue weighted by molar-refractivity contribution is 6.01. The van der Waals surface area contributed by atoms with Gasteiger partial charge in [-0.15, -0.1) is 0 Å². The van der Waals surface area contributed by atoms with Crippen molar-refractivity contribution >= 4 is 17.7 Å². The van der Waals surface area contributed by atoms with Gasteiger partial charge in [-0.1, -0.05) is 12.1 Å². The van der Waals surface area contributed by atoms with Crippen LogP contribution < -0.4 is 5.32 Å². The van der Waals surface area contributed by atoms with Crippen molar-refractivity contribution in [1.82, 2.24) is 5.32 Å². The predicted molar refractivity (Wildman–Crippen MR) is 80.9 cm³/mol. The van der Waals surface area contributed by atoms with Gasteiger partial charge in [0.1, 0.15) is 11.6 Å². The summed E-state index contributed by atoms with van der Waals surface area (Å²) < 4.78 is 4.86. The Morgan fingerprint density at radius 1 is 1.55 bits per heavy atom. The van der Waals surface area contributed by atoms with Gasteiger partial charge in [-0.05, 0) is 25.0 Å². The van der Waals surface area contributed by atoms with Gasteiger partial charge in [-0.2, -0.15) is 5.26 Å². The number of benzene rings is 1. The van der Waals surface area contributed by atoms with Crippen LogP contribution in [0.15, 0.2) is 23.8 Å². The lowest BCUT2D eigenvalue weighted by Crippen LogP contribution is -2.26. The van der Waals surface area contributed by atoms with Crippen molar-refractivity contribution in [3.63, 3.8) is 0 Å². The van der Waals surface area contributed by atoms with Crippen molar-refractivity contribution in [2.75, 3.05) is 20.3 Å². The monoisotopic (exact) mass is 303 g/mol. The Morgan fingerprint density at radius 3 is 2.86 bits per heavy atom. The fourth-order valence-corrected chi connectivity index (χ4v) is 1.74. The molecular weight excluding hydrogens is 286 g/mol. The van der Waals surface area contributed by atoms with Gasteiger partial charge in [-0.25, -0.2) is 0 Å². The molecule has 7 heteroatoms. The van der Waals surface area contributed by atoms with Crippen LogP contribution in [0.3, 0.4) is 0 Å². The zero-order valence-electron chi connectivity index (χ0n) is 12.5. The van der Waals surface area contributed by atoms with Crippen LogP contribution in [-0.2, 0) is 9.53 Å². The van der Waals surface area contributed by atoms with Crippen molar-refractivity contribution < 1.29 is 14.5 Å². The summed E-state index contributed by atoms with van der Waals surface area (Å²) in [7, 11) is 1.56. The van der Waals surface area contributed by atoms with Crippen LogP contribution in [0.25, 0.3) is 6.08 Å². The second kappa shape index (κ2) is 8.54. The third-order valence-corrected chi connectivity index (χ3v) is 2.92. The van der Waals surface area contributed by atoms with Crippen LogP contribution >= 0.6 is 0 Å². The highest BCUT2D eigenvalue weighted by Gasteiger charge is 2.12. The van der Waals surface area contributed by atoms with E-state index in [1.165, 1.54) is 12.1 Å². The van der Waals surface area contributed by atoms with Crippen molar-refractivity contribution in [2.45, 2.75) is 13.3 Å². The SMILES string of the molecule is COCCCNC(=O)/C(C#N)=C/c1ccc(C)c([N+](=O)[O-])c1. The van der Waals surface area contributed by atoms with Crippen LogP contribution in [-0.4, -0.2) is 31.1 Å². The molecule has 0 bridgehead atoms. The number of carbonyl (C=O) groups excluding carboxylic acids is 1. The number of nitrogens with one attached hydrogen (secondary N) is 1. The number of methoxy groups -OCH3 is 1. The summed E-state index contributed by atoms with van der Waals surface area (Å²) in [6.07, 6.45) is 1.97. The van der Waals surface area contributed by atoms with E-state index in [9.17, 15) is 14.9 Å². The number of nitriles is 1. The first-order chi connectivity index (χ1) is 10.5. The molecule has 0 aliphatic heterocycles. The summed E-state index contributed by atoms with van der Waals surface area (Å²) in [4.78, 5) is 22.2. The normalized spacial score (nSPS) is 10.9. The Bertz CT molecular complexity index is 632. The van der Waals surface area contributed by atoms with Gasteiger partial charge in [0.15, 0.2) is 0 Å². The minimum absolute atomic E-state index is 0.0495. The third-order valence-electron chi connectivity index (χ3n) is 2.92. The topological polar surface area (TPSA) is 105 Å². The van der Waals surface area contributed by atoms with E-state index in [0.29, 0.717) is 30.7 Å². The van der Waals surface area contributed by atoms with Crippen LogP contribution in [0, 0.1) is 28.4 Å². The number of nitro groups is 1. The average Bonchev–Trinajstić information content (AvgIpc) is 2.50. The molecule has 0 spiro atoms. The van der Waals surface area contributed by atoms with E-state index in [1.54, 1.807) is 32.2 Å². The van der Waals surface area contributed by atoms with Gasteiger partial charge in [0.05, 0.1) is 4.92 Å². The van der Waals surface area contributed by atoms with E-state index in [2.05, 4.69) is 5.32 Å². The Labute approximate surface area is 128 Å². The third kappa shape index (κ3) is 5.00. The molecule has 7 nitrogen and oxygen atoms in total. The van der Waals surface area contributed by atoms with Crippen LogP contribution in [0.2, 0.25) is 0 Å². The number of rotatable bonds is 7. The molecule has 1 aromatic carbocycles. The molecule has 0 aliphatic rings. The quantitative estimate of drug-likeness (QED) is 0.272. The number of nitro benzene ring substituents is 1. The first kappa shape index (κ1) is 17.3. The maximum atomic E-state index is 11.9. The van der Waals surface area contributed by atoms with Crippen molar-refractivity contribution in [3.8, 4) is 6.07 Å². The van der Waals surface area contributed by atoms with E-state index in [0.717, 1.165) is 0 Å². The Balaban J connectivity index is 2.88. The molecule has 22 heavy (non-hydrogen) atoms. The smallest absolute Gasteiger partial charge is 0.272 e. The van der Waals surface area contributed by atoms with Crippen molar-refractivity contribution in [3.05, 3.63) is 45.0 Å². The molecule has 1 amide bonds. The van der Waals surface area contributed by atoms with Crippen LogP contribution in [0.5, 0.6) is 0 Å². The van der Waals surface area contributed by atoms with Crippen LogP contribution in [0.1, 0.15) is 17.5 Å². The molecule has 0 aromatic heterocycles. The van der Waals surface area contributed by atoms with Gasteiger partial charge < -0.3 is 10.1 Å². The molecule has 0 aliphatic carbocycles. The number of hydrogen-bond acceptors (Lipinski definition) is 5. The Kier molecular flexibility index (Phi) is 6.73. The fourth-order valence-electron chi connectivity index (χ4n) is 1.74. The Morgan fingerprint density at radius 2 is 2.27 bits per heavy atom. The summed E-state index contributed by atoms with van der Waals surface area (Å²) in [6, 6.07) is 6.34. The lowest BCUT2D eigenvalue weighted by molar-refractivity contribution is -0.385. The number of amides is 1. The highest BCUT2D eigenvalue weighted by atomic mass is 16.6. The minimum atomic E-state index is -0.512. The number of aryl methyl sites for hydroxylation is 1. The summed E-state index contributed by atoms with van der Waals surface area (Å²) in [5, 5.41) is 22.5. The number of carbonyl (C=O) groups is 1. The second-order valence-electron chi connectivity index (χ2n) is 4.58. The standard InChI is InChI=1S/C15H17N3O4/c1-11-4-5-12(9-14(11)18(20)21)8-13(10-16)15(19)17-6-3-7-22-2/h4-5,8-9H,3,6-7H2,1-2H3,(H,17,19)/b13-8+. The second-order valence-corrected chi connectivity index (χ2v) is 4.58. The summed E-state index contributed by atoms with van der Waals surface area (Å²) in [5.41, 5.74) is 0.799.